The van der Waals surface area contributed by atoms with Gasteiger partial charge in [-0.25, -0.2) is 0 Å². The molecule has 1 aliphatic heterocycles. The highest BCUT2D eigenvalue weighted by molar-refractivity contribution is 6.09. The van der Waals surface area contributed by atoms with Gasteiger partial charge in [0.15, 0.2) is 0 Å². The Labute approximate surface area is 139 Å². The molecule has 2 aromatic rings. The Morgan fingerprint density at radius 2 is 1.88 bits per heavy atom. The summed E-state index contributed by atoms with van der Waals surface area (Å²) < 4.78 is 0. The minimum Gasteiger partial charge on any atom is -0.366 e. The number of aryl methyl sites for hydroxylation is 1. The van der Waals surface area contributed by atoms with E-state index in [2.05, 4.69) is 5.32 Å². The van der Waals surface area contributed by atoms with Crippen molar-refractivity contribution in [2.75, 3.05) is 17.3 Å². The van der Waals surface area contributed by atoms with E-state index < -0.39 is 5.91 Å². The van der Waals surface area contributed by atoms with E-state index in [1.54, 1.807) is 54.4 Å². The van der Waals surface area contributed by atoms with E-state index in [1.807, 2.05) is 0 Å². The van der Waals surface area contributed by atoms with Crippen LogP contribution in [-0.2, 0) is 11.2 Å². The second kappa shape index (κ2) is 6.16. The van der Waals surface area contributed by atoms with E-state index in [0.29, 0.717) is 24.1 Å². The number of carbonyl (C=O) groups is 3. The molecule has 0 aromatic heterocycles. The number of hydrogen-bond acceptors (Lipinski definition) is 3. The molecular weight excluding hydrogens is 306 g/mol. The van der Waals surface area contributed by atoms with Gasteiger partial charge in [0.25, 0.3) is 11.8 Å². The summed E-state index contributed by atoms with van der Waals surface area (Å²) in [6.07, 6.45) is 1.04. The highest BCUT2D eigenvalue weighted by Crippen LogP contribution is 2.28. The topological polar surface area (TPSA) is 92.5 Å². The number of carbonyl (C=O) groups excluding carboxylic acids is 3. The average molecular weight is 323 g/mol. The summed E-state index contributed by atoms with van der Waals surface area (Å²) in [6, 6.07) is 11.8. The van der Waals surface area contributed by atoms with Crippen LogP contribution in [0.25, 0.3) is 0 Å². The third-order valence-electron chi connectivity index (χ3n) is 4.13. The molecule has 3 N–H and O–H groups in total. The molecule has 24 heavy (non-hydrogen) atoms. The van der Waals surface area contributed by atoms with Gasteiger partial charge in [-0.15, -0.1) is 0 Å². The van der Waals surface area contributed by atoms with Gasteiger partial charge >= 0.3 is 0 Å². The maximum atomic E-state index is 12.5. The fourth-order valence-electron chi connectivity index (χ4n) is 2.80. The largest absolute Gasteiger partial charge is 0.366 e. The number of fused-ring (bicyclic) bond motifs is 1. The summed E-state index contributed by atoms with van der Waals surface area (Å²) in [5, 5.41) is 2.71. The number of hydrogen-bond donors (Lipinski definition) is 2. The molecule has 1 aliphatic rings. The standard InChI is InChI=1S/C18H17N3O3/c1-21-15-8-6-12(10-11(15)7-9-16(21)22)18(24)20-14-5-3-2-4-13(14)17(19)23/h2-6,8,10H,7,9H2,1H3,(H2,19,23)(H,20,24). The first kappa shape index (κ1) is 15.7. The van der Waals surface area contributed by atoms with Crippen molar-refractivity contribution in [2.45, 2.75) is 12.8 Å². The predicted molar refractivity (Wildman–Crippen MR) is 91.1 cm³/mol. The molecule has 2 aromatic carbocycles. The highest BCUT2D eigenvalue weighted by atomic mass is 16.2. The van der Waals surface area contributed by atoms with Crippen LogP contribution in [0.1, 0.15) is 32.7 Å². The van der Waals surface area contributed by atoms with Gasteiger partial charge in [0.2, 0.25) is 5.91 Å². The first-order valence-corrected chi connectivity index (χ1v) is 7.57. The summed E-state index contributed by atoms with van der Waals surface area (Å²) in [7, 11) is 1.73. The van der Waals surface area contributed by atoms with Crippen molar-refractivity contribution in [1.82, 2.24) is 0 Å². The summed E-state index contributed by atoms with van der Waals surface area (Å²) in [4.78, 5) is 37.2. The minimum absolute atomic E-state index is 0.0649. The van der Waals surface area contributed by atoms with E-state index >= 15 is 0 Å². The molecule has 3 amide bonds. The molecule has 1 heterocycles. The molecule has 6 heteroatoms. The van der Waals surface area contributed by atoms with Gasteiger partial charge in [-0.1, -0.05) is 12.1 Å². The van der Waals surface area contributed by atoms with Crippen LogP contribution in [0.4, 0.5) is 11.4 Å². The monoisotopic (exact) mass is 323 g/mol. The van der Waals surface area contributed by atoms with Crippen molar-refractivity contribution in [3.05, 3.63) is 59.2 Å². The first-order chi connectivity index (χ1) is 11.5. The Hall–Kier alpha value is -3.15. The Morgan fingerprint density at radius 3 is 2.62 bits per heavy atom. The van der Waals surface area contributed by atoms with Gasteiger partial charge in [-0.05, 0) is 42.3 Å². The zero-order chi connectivity index (χ0) is 17.3. The second-order valence-corrected chi connectivity index (χ2v) is 5.66. The SMILES string of the molecule is CN1C(=O)CCc2cc(C(=O)Nc3ccccc3C(N)=O)ccc21. The lowest BCUT2D eigenvalue weighted by Crippen LogP contribution is -2.31. The molecule has 0 unspecified atom stereocenters. The van der Waals surface area contributed by atoms with Gasteiger partial charge in [0.1, 0.15) is 0 Å². The number of nitrogens with two attached hydrogens (primary N) is 1. The molecule has 0 aliphatic carbocycles. The van der Waals surface area contributed by atoms with Crippen LogP contribution in [0.2, 0.25) is 0 Å². The number of nitrogens with one attached hydrogen (secondary N) is 1. The van der Waals surface area contributed by atoms with Crippen molar-refractivity contribution in [2.24, 2.45) is 5.73 Å². The number of rotatable bonds is 3. The summed E-state index contributed by atoms with van der Waals surface area (Å²) in [6.45, 7) is 0. The van der Waals surface area contributed by atoms with E-state index in [-0.39, 0.29) is 17.4 Å². The van der Waals surface area contributed by atoms with E-state index in [1.165, 1.54) is 0 Å². The zero-order valence-corrected chi connectivity index (χ0v) is 13.2. The zero-order valence-electron chi connectivity index (χ0n) is 13.2. The minimum atomic E-state index is -0.600. The molecule has 6 nitrogen and oxygen atoms in total. The maximum Gasteiger partial charge on any atom is 0.255 e. The van der Waals surface area contributed by atoms with Crippen LogP contribution in [-0.4, -0.2) is 24.8 Å². The van der Waals surface area contributed by atoms with Crippen molar-refractivity contribution in [3.8, 4) is 0 Å². The molecule has 0 bridgehead atoms. The van der Waals surface area contributed by atoms with E-state index in [9.17, 15) is 14.4 Å². The smallest absolute Gasteiger partial charge is 0.255 e. The van der Waals surface area contributed by atoms with Crippen molar-refractivity contribution >= 4 is 29.1 Å². The molecule has 0 fully saturated rings. The molecular formula is C18H17N3O3. The van der Waals surface area contributed by atoms with Gasteiger partial charge in [-0.3, -0.25) is 14.4 Å². The molecule has 0 saturated carbocycles. The number of anilines is 2. The fourth-order valence-corrected chi connectivity index (χ4v) is 2.80. The average Bonchev–Trinajstić information content (AvgIpc) is 2.58. The third-order valence-corrected chi connectivity index (χ3v) is 4.13. The van der Waals surface area contributed by atoms with Crippen LogP contribution in [0, 0.1) is 0 Å². The predicted octanol–water partition coefficient (Wildman–Crippen LogP) is 1.95. The number of primary amides is 1. The highest BCUT2D eigenvalue weighted by Gasteiger charge is 2.22. The lowest BCUT2D eigenvalue weighted by Gasteiger charge is -2.26. The summed E-state index contributed by atoms with van der Waals surface area (Å²) in [5.41, 5.74) is 8.19. The second-order valence-electron chi connectivity index (χ2n) is 5.66. The molecule has 0 saturated heterocycles. The molecule has 122 valence electrons. The first-order valence-electron chi connectivity index (χ1n) is 7.57. The summed E-state index contributed by atoms with van der Waals surface area (Å²) in [5.74, 6) is -0.863. The lowest BCUT2D eigenvalue weighted by atomic mass is 9.99. The van der Waals surface area contributed by atoms with Crippen LogP contribution in [0.5, 0.6) is 0 Å². The normalized spacial score (nSPS) is 13.4. The number of para-hydroxylation sites is 1. The van der Waals surface area contributed by atoms with Crippen molar-refractivity contribution < 1.29 is 14.4 Å². The molecule has 0 atom stereocenters. The Balaban J connectivity index is 1.87. The Kier molecular flexibility index (Phi) is 4.04. The molecule has 0 radical (unpaired) electrons. The maximum absolute atomic E-state index is 12.5. The summed E-state index contributed by atoms with van der Waals surface area (Å²) >= 11 is 0. The van der Waals surface area contributed by atoms with Crippen LogP contribution < -0.4 is 16.0 Å². The van der Waals surface area contributed by atoms with E-state index in [0.717, 1.165) is 11.3 Å². The van der Waals surface area contributed by atoms with Crippen LogP contribution >= 0.6 is 0 Å². The Bertz CT molecular complexity index is 845. The molecule has 3 rings (SSSR count). The fraction of sp³-hybridized carbons (Fsp3) is 0.167. The van der Waals surface area contributed by atoms with Gasteiger partial charge in [0.05, 0.1) is 11.3 Å². The van der Waals surface area contributed by atoms with Crippen molar-refractivity contribution in [1.29, 1.82) is 0 Å². The van der Waals surface area contributed by atoms with Crippen LogP contribution in [0.3, 0.4) is 0 Å². The number of nitrogens with zero attached hydrogens (tertiary/aromatic N) is 1. The Morgan fingerprint density at radius 1 is 1.12 bits per heavy atom. The van der Waals surface area contributed by atoms with Gasteiger partial charge < -0.3 is 16.0 Å². The molecule has 0 spiro atoms. The van der Waals surface area contributed by atoms with Crippen LogP contribution in [0.15, 0.2) is 42.5 Å². The van der Waals surface area contributed by atoms with Crippen molar-refractivity contribution in [3.63, 3.8) is 0 Å². The van der Waals surface area contributed by atoms with Gasteiger partial charge in [0, 0.05) is 24.7 Å². The van der Waals surface area contributed by atoms with Gasteiger partial charge in [-0.2, -0.15) is 0 Å². The number of benzene rings is 2. The number of amides is 3. The lowest BCUT2D eigenvalue weighted by molar-refractivity contribution is -0.118. The quantitative estimate of drug-likeness (QED) is 0.904. The van der Waals surface area contributed by atoms with E-state index in [4.69, 9.17) is 5.73 Å². The third kappa shape index (κ3) is 2.86.